The number of amides is 2. The number of carbonyl (C=O) groups excluding carboxylic acids is 3. The van der Waals surface area contributed by atoms with E-state index in [0.717, 1.165) is 38.1 Å². The number of nitrogens with one attached hydrogen (secondary N) is 1. The van der Waals surface area contributed by atoms with Gasteiger partial charge in [-0.3, -0.25) is 14.5 Å². The Balaban J connectivity index is 1.09. The number of nitrogens with zero attached hydrogens (tertiary/aromatic N) is 1. The van der Waals surface area contributed by atoms with Gasteiger partial charge in [0, 0.05) is 30.5 Å². The Morgan fingerprint density at radius 2 is 1.83 bits per heavy atom. The normalized spacial score (nSPS) is 19.7. The molecule has 0 bridgehead atoms. The van der Waals surface area contributed by atoms with E-state index in [2.05, 4.69) is 15.0 Å². The lowest BCUT2D eigenvalue weighted by molar-refractivity contribution is -0.123. The summed E-state index contributed by atoms with van der Waals surface area (Å²) in [5.41, 5.74) is 7.12. The molecule has 3 aromatic carbocycles. The highest BCUT2D eigenvalue weighted by atomic mass is 19.1. The number of rotatable bonds is 11. The first-order chi connectivity index (χ1) is 20.2. The smallest absolute Gasteiger partial charge is 0.341 e. The van der Waals surface area contributed by atoms with Crippen molar-refractivity contribution < 1.29 is 32.6 Å². The van der Waals surface area contributed by atoms with Gasteiger partial charge in [-0.15, -0.1) is 0 Å². The molecular formula is C32H33F2N3O5. The fourth-order valence-corrected chi connectivity index (χ4v) is 5.47. The molecule has 3 aromatic rings. The van der Waals surface area contributed by atoms with Crippen molar-refractivity contribution in [3.05, 3.63) is 89.0 Å². The van der Waals surface area contributed by atoms with Crippen molar-refractivity contribution in [1.82, 2.24) is 10.2 Å². The Bertz CT molecular complexity index is 1480. The number of ether oxygens (including phenoxy) is 2. The van der Waals surface area contributed by atoms with Crippen molar-refractivity contribution in [2.45, 2.75) is 38.4 Å². The van der Waals surface area contributed by atoms with Gasteiger partial charge in [0.1, 0.15) is 22.9 Å². The van der Waals surface area contributed by atoms with Crippen LogP contribution in [0.1, 0.15) is 40.7 Å². The van der Waals surface area contributed by atoms with Gasteiger partial charge in [-0.2, -0.15) is 0 Å². The summed E-state index contributed by atoms with van der Waals surface area (Å²) in [5.74, 6) is -2.07. The summed E-state index contributed by atoms with van der Waals surface area (Å²) >= 11 is 0. The van der Waals surface area contributed by atoms with Crippen LogP contribution in [-0.4, -0.2) is 49.0 Å². The molecule has 3 N–H and O–H groups in total. The highest BCUT2D eigenvalue weighted by Gasteiger charge is 2.43. The minimum Gasteiger partial charge on any atom is -0.493 e. The molecule has 1 saturated heterocycles. The molecule has 0 aromatic heterocycles. The van der Waals surface area contributed by atoms with Crippen molar-refractivity contribution in [1.29, 1.82) is 0 Å². The minimum atomic E-state index is -0.850. The maximum atomic E-state index is 14.9. The van der Waals surface area contributed by atoms with Gasteiger partial charge in [-0.25, -0.2) is 13.6 Å². The molecule has 0 spiro atoms. The number of likely N-dealkylation sites (tertiary alicyclic amines) is 1. The lowest BCUT2D eigenvalue weighted by Gasteiger charge is -2.21. The van der Waals surface area contributed by atoms with Crippen molar-refractivity contribution in [3.8, 4) is 16.9 Å². The highest BCUT2D eigenvalue weighted by molar-refractivity contribution is 5.97. The van der Waals surface area contributed by atoms with Gasteiger partial charge in [0.05, 0.1) is 19.8 Å². The molecule has 1 aliphatic heterocycles. The summed E-state index contributed by atoms with van der Waals surface area (Å²) in [5, 5.41) is 2.78. The zero-order chi connectivity index (χ0) is 29.8. The van der Waals surface area contributed by atoms with Gasteiger partial charge < -0.3 is 20.5 Å². The van der Waals surface area contributed by atoms with Crippen LogP contribution in [0.15, 0.2) is 60.7 Å². The van der Waals surface area contributed by atoms with E-state index in [-0.39, 0.29) is 52.9 Å². The first-order valence-electron chi connectivity index (χ1n) is 13.9. The second-order valence-electron chi connectivity index (χ2n) is 10.8. The average Bonchev–Trinajstić information content (AvgIpc) is 3.62. The topological polar surface area (TPSA) is 111 Å². The Morgan fingerprint density at radius 1 is 1.05 bits per heavy atom. The average molecular weight is 578 g/mol. The number of benzene rings is 3. The molecule has 3 unspecified atom stereocenters. The van der Waals surface area contributed by atoms with Crippen LogP contribution in [0, 0.1) is 23.5 Å². The van der Waals surface area contributed by atoms with Crippen LogP contribution in [0.25, 0.3) is 11.1 Å². The fourth-order valence-electron chi connectivity index (χ4n) is 5.47. The molecule has 2 fully saturated rings. The SMILES string of the molecule is COC(=O)c1c(F)cccc1-c1ccc(CNC(=O)C2CC2COc2ccc(CN3CCCC3C(N)=O)cc2)c(F)c1. The van der Waals surface area contributed by atoms with E-state index >= 15 is 0 Å². The van der Waals surface area contributed by atoms with Crippen LogP contribution in [-0.2, 0) is 27.4 Å². The molecule has 1 saturated carbocycles. The molecule has 42 heavy (non-hydrogen) atoms. The first kappa shape index (κ1) is 29.2. The standard InChI is InChI=1S/C32H33F2N3O5/c1-41-32(40)29-24(4-2-5-26(29)33)20-9-10-21(27(34)15-20)16-36-31(39)25-14-22(25)18-42-23-11-7-19(8-12-23)17-37-13-3-6-28(37)30(35)38/h2,4-5,7-12,15,22,25,28H,3,6,13-14,16-18H2,1H3,(H2,35,38)(H,36,39). The number of hydrogen-bond donors (Lipinski definition) is 2. The maximum Gasteiger partial charge on any atom is 0.341 e. The summed E-state index contributed by atoms with van der Waals surface area (Å²) in [6.07, 6.45) is 2.44. The summed E-state index contributed by atoms with van der Waals surface area (Å²) in [7, 11) is 1.15. The van der Waals surface area contributed by atoms with Crippen LogP contribution < -0.4 is 15.8 Å². The monoisotopic (exact) mass is 577 g/mol. The van der Waals surface area contributed by atoms with Gasteiger partial charge in [0.2, 0.25) is 11.8 Å². The Kier molecular flexibility index (Phi) is 8.82. The quantitative estimate of drug-likeness (QED) is 0.331. The third kappa shape index (κ3) is 6.60. The molecule has 1 aliphatic carbocycles. The maximum absolute atomic E-state index is 14.9. The highest BCUT2D eigenvalue weighted by Crippen LogP contribution is 2.39. The van der Waals surface area contributed by atoms with E-state index in [0.29, 0.717) is 30.9 Å². The number of methoxy groups -OCH3 is 1. The summed E-state index contributed by atoms with van der Waals surface area (Å²) in [4.78, 5) is 38.4. The number of carbonyl (C=O) groups is 3. The second kappa shape index (κ2) is 12.7. The number of esters is 1. The molecule has 2 amide bonds. The van der Waals surface area contributed by atoms with E-state index < -0.39 is 17.6 Å². The van der Waals surface area contributed by atoms with E-state index in [4.69, 9.17) is 10.5 Å². The Labute approximate surface area is 242 Å². The zero-order valence-corrected chi connectivity index (χ0v) is 23.3. The van der Waals surface area contributed by atoms with Gasteiger partial charge in [0.15, 0.2) is 0 Å². The van der Waals surface area contributed by atoms with Crippen molar-refractivity contribution in [2.24, 2.45) is 17.6 Å². The fraction of sp³-hybridized carbons (Fsp3) is 0.344. The number of hydrogen-bond acceptors (Lipinski definition) is 6. The number of nitrogens with two attached hydrogens (primary N) is 1. The van der Waals surface area contributed by atoms with Gasteiger partial charge in [-0.1, -0.05) is 36.4 Å². The predicted octanol–water partition coefficient (Wildman–Crippen LogP) is 4.20. The third-order valence-electron chi connectivity index (χ3n) is 7.94. The largest absolute Gasteiger partial charge is 0.493 e. The predicted molar refractivity (Wildman–Crippen MR) is 151 cm³/mol. The second-order valence-corrected chi connectivity index (χ2v) is 10.8. The van der Waals surface area contributed by atoms with Crippen LogP contribution in [0.2, 0.25) is 0 Å². The van der Waals surface area contributed by atoms with Gasteiger partial charge in [0.25, 0.3) is 0 Å². The summed E-state index contributed by atoms with van der Waals surface area (Å²) < 4.78 is 39.7. The molecule has 8 nitrogen and oxygen atoms in total. The van der Waals surface area contributed by atoms with E-state index in [9.17, 15) is 23.2 Å². The van der Waals surface area contributed by atoms with Crippen LogP contribution in [0.4, 0.5) is 8.78 Å². The van der Waals surface area contributed by atoms with Crippen LogP contribution in [0.5, 0.6) is 5.75 Å². The van der Waals surface area contributed by atoms with Crippen molar-refractivity contribution in [2.75, 3.05) is 20.3 Å². The lowest BCUT2D eigenvalue weighted by atomic mass is 9.98. The number of primary amides is 1. The zero-order valence-electron chi connectivity index (χ0n) is 23.3. The Morgan fingerprint density at radius 3 is 2.55 bits per heavy atom. The Hall–Kier alpha value is -4.31. The lowest BCUT2D eigenvalue weighted by Crippen LogP contribution is -2.39. The van der Waals surface area contributed by atoms with Crippen LogP contribution in [0.3, 0.4) is 0 Å². The molecule has 220 valence electrons. The van der Waals surface area contributed by atoms with Crippen molar-refractivity contribution in [3.63, 3.8) is 0 Å². The first-order valence-corrected chi connectivity index (χ1v) is 13.9. The molecular weight excluding hydrogens is 544 g/mol. The third-order valence-corrected chi connectivity index (χ3v) is 7.94. The molecule has 5 rings (SSSR count). The molecule has 2 aliphatic rings. The summed E-state index contributed by atoms with van der Waals surface area (Å²) in [6, 6.07) is 15.9. The van der Waals surface area contributed by atoms with E-state index in [1.807, 2.05) is 24.3 Å². The molecule has 0 radical (unpaired) electrons. The van der Waals surface area contributed by atoms with Crippen LogP contribution >= 0.6 is 0 Å². The molecule has 3 atom stereocenters. The minimum absolute atomic E-state index is 0.00285. The molecule has 1 heterocycles. The summed E-state index contributed by atoms with van der Waals surface area (Å²) in [6.45, 7) is 1.90. The number of halogens is 2. The van der Waals surface area contributed by atoms with E-state index in [1.54, 1.807) is 6.07 Å². The van der Waals surface area contributed by atoms with E-state index in [1.165, 1.54) is 24.3 Å². The molecule has 10 heteroatoms. The van der Waals surface area contributed by atoms with Gasteiger partial charge in [-0.05, 0) is 66.8 Å². The van der Waals surface area contributed by atoms with Gasteiger partial charge >= 0.3 is 5.97 Å². The van der Waals surface area contributed by atoms with Crippen molar-refractivity contribution >= 4 is 17.8 Å².